The van der Waals surface area contributed by atoms with Crippen molar-refractivity contribution in [3.05, 3.63) is 0 Å². The zero-order valence-electron chi connectivity index (χ0n) is 78.7. The Morgan fingerprint density at radius 2 is 0.117 bits per heavy atom. The lowest BCUT2D eigenvalue weighted by atomic mass is 10.0. The van der Waals surface area contributed by atoms with Gasteiger partial charge < -0.3 is 30.6 Å². The van der Waals surface area contributed by atoms with Crippen molar-refractivity contribution in [2.45, 2.75) is 639 Å². The molecular formula is C105H222O6. The van der Waals surface area contributed by atoms with Gasteiger partial charge in [-0.3, -0.25) is 0 Å². The molecule has 0 unspecified atom stereocenters. The van der Waals surface area contributed by atoms with E-state index in [0.29, 0.717) is 39.6 Å². The van der Waals surface area contributed by atoms with Crippen LogP contribution in [0.4, 0.5) is 0 Å². The van der Waals surface area contributed by atoms with Crippen molar-refractivity contribution in [3.8, 4) is 0 Å². The fourth-order valence-corrected chi connectivity index (χ4v) is 15.4. The van der Waals surface area contributed by atoms with Crippen LogP contribution in [0.2, 0.25) is 0 Å². The summed E-state index contributed by atoms with van der Waals surface area (Å²) in [6.45, 7) is 15.9. The SMILES string of the molecule is CCCCCCCCCCCCCCCCCCCCCO.CCCCCCCCCCCCCCCCCCCCO.CCCCCCCCCCCCCCCCCCCO.CCCCCCCCCCCCCCCCCO.CCCCCCCCCCCCCCCCO.CCCCCCCCCCCCO. The van der Waals surface area contributed by atoms with Crippen LogP contribution in [0.25, 0.3) is 0 Å². The molecule has 0 saturated heterocycles. The first-order valence-electron chi connectivity index (χ1n) is 52.6. The minimum Gasteiger partial charge on any atom is -0.396 e. The van der Waals surface area contributed by atoms with Gasteiger partial charge in [0, 0.05) is 39.6 Å². The molecule has 0 amide bonds. The minimum atomic E-state index is 0.372. The van der Waals surface area contributed by atoms with Crippen LogP contribution in [-0.4, -0.2) is 70.3 Å². The fourth-order valence-electron chi connectivity index (χ4n) is 15.4. The van der Waals surface area contributed by atoms with Gasteiger partial charge in [0.2, 0.25) is 0 Å². The maximum Gasteiger partial charge on any atom is 0.0431 e. The summed E-state index contributed by atoms with van der Waals surface area (Å²) in [5.74, 6) is 0. The monoisotopic (exact) mass is 1580 g/mol. The first kappa shape index (κ1) is 122. The van der Waals surface area contributed by atoms with Crippen molar-refractivity contribution in [1.29, 1.82) is 0 Å². The molecule has 0 rings (SSSR count). The Morgan fingerprint density at radius 3 is 0.162 bits per heavy atom. The highest BCUT2D eigenvalue weighted by molar-refractivity contribution is 4.57. The summed E-state index contributed by atoms with van der Waals surface area (Å²) in [6.07, 6.45) is 129. The Morgan fingerprint density at radius 1 is 0.0721 bits per heavy atom. The number of hydrogen-bond acceptors (Lipinski definition) is 6. The maximum absolute atomic E-state index is 8.70. The van der Waals surface area contributed by atoms with Gasteiger partial charge >= 0.3 is 0 Å². The molecule has 0 atom stereocenters. The lowest BCUT2D eigenvalue weighted by Gasteiger charge is -2.03. The van der Waals surface area contributed by atoms with E-state index in [2.05, 4.69) is 41.5 Å². The molecule has 6 heteroatoms. The van der Waals surface area contributed by atoms with E-state index in [1.54, 1.807) is 0 Å². The van der Waals surface area contributed by atoms with Crippen LogP contribution in [0.15, 0.2) is 0 Å². The second-order valence-electron chi connectivity index (χ2n) is 35.1. The highest BCUT2D eigenvalue weighted by Crippen LogP contribution is 2.21. The van der Waals surface area contributed by atoms with Gasteiger partial charge in [-0.25, -0.2) is 0 Å². The van der Waals surface area contributed by atoms with Crippen LogP contribution >= 0.6 is 0 Å². The van der Waals surface area contributed by atoms with Gasteiger partial charge in [-0.1, -0.05) is 600 Å². The molecule has 0 spiro atoms. The van der Waals surface area contributed by atoms with Crippen LogP contribution in [0.3, 0.4) is 0 Å². The summed E-state index contributed by atoms with van der Waals surface area (Å²) >= 11 is 0. The zero-order chi connectivity index (χ0) is 82.0. The van der Waals surface area contributed by atoms with E-state index in [4.69, 9.17) is 30.6 Å². The van der Waals surface area contributed by atoms with Gasteiger partial charge in [0.25, 0.3) is 0 Å². The van der Waals surface area contributed by atoms with Crippen molar-refractivity contribution >= 4 is 0 Å². The third kappa shape index (κ3) is 148. The highest BCUT2D eigenvalue weighted by atomic mass is 16.3. The number of rotatable bonds is 93. The molecule has 678 valence electrons. The normalized spacial score (nSPS) is 11.0. The van der Waals surface area contributed by atoms with Crippen molar-refractivity contribution in [2.75, 3.05) is 39.6 Å². The molecule has 0 aliphatic rings. The van der Waals surface area contributed by atoms with Gasteiger partial charge in [-0.2, -0.15) is 0 Å². The van der Waals surface area contributed by atoms with Crippen LogP contribution in [0.5, 0.6) is 0 Å². The van der Waals surface area contributed by atoms with E-state index < -0.39 is 0 Å². The molecule has 0 heterocycles. The summed E-state index contributed by atoms with van der Waals surface area (Å²) in [6, 6.07) is 0. The van der Waals surface area contributed by atoms with Crippen molar-refractivity contribution in [3.63, 3.8) is 0 Å². The number of unbranched alkanes of at least 4 members (excludes halogenated alkanes) is 87. The zero-order valence-corrected chi connectivity index (χ0v) is 78.7. The van der Waals surface area contributed by atoms with Crippen LogP contribution in [0, 0.1) is 0 Å². The number of aliphatic hydroxyl groups is 6. The number of aliphatic hydroxyl groups excluding tert-OH is 6. The summed E-state index contributed by atoms with van der Waals surface area (Å²) < 4.78 is 0. The third-order valence-electron chi connectivity index (χ3n) is 23.3. The van der Waals surface area contributed by atoms with Gasteiger partial charge in [0.1, 0.15) is 0 Å². The highest BCUT2D eigenvalue weighted by Gasteiger charge is 2.02. The topological polar surface area (TPSA) is 121 Å². The smallest absolute Gasteiger partial charge is 0.0431 e. The Kier molecular flexibility index (Phi) is 146. The molecule has 0 bridgehead atoms. The molecule has 0 aliphatic heterocycles. The molecule has 0 fully saturated rings. The molecule has 6 N–H and O–H groups in total. The van der Waals surface area contributed by atoms with Crippen LogP contribution in [0.1, 0.15) is 639 Å². The average molecular weight is 1580 g/mol. The van der Waals surface area contributed by atoms with E-state index >= 15 is 0 Å². The first-order chi connectivity index (χ1) is 55.0. The van der Waals surface area contributed by atoms with Gasteiger partial charge in [-0.15, -0.1) is 0 Å². The lowest BCUT2D eigenvalue weighted by Crippen LogP contribution is -1.85. The average Bonchev–Trinajstić information content (AvgIpc) is 3.93. The molecule has 111 heavy (non-hydrogen) atoms. The van der Waals surface area contributed by atoms with Crippen molar-refractivity contribution in [1.82, 2.24) is 0 Å². The van der Waals surface area contributed by atoms with Crippen molar-refractivity contribution in [2.24, 2.45) is 0 Å². The molecular weight excluding hydrogens is 1360 g/mol. The second-order valence-corrected chi connectivity index (χ2v) is 35.1. The summed E-state index contributed by atoms with van der Waals surface area (Å²) in [4.78, 5) is 0. The van der Waals surface area contributed by atoms with E-state index in [0.717, 1.165) is 38.5 Å². The summed E-state index contributed by atoms with van der Waals surface area (Å²) in [5, 5.41) is 51.9. The Labute approximate surface area is 704 Å². The van der Waals surface area contributed by atoms with Gasteiger partial charge in [0.05, 0.1) is 0 Å². The van der Waals surface area contributed by atoms with Crippen molar-refractivity contribution < 1.29 is 30.6 Å². The quantitative estimate of drug-likeness (QED) is 0.0338. The molecule has 0 aliphatic carbocycles. The molecule has 0 radical (unpaired) electrons. The van der Waals surface area contributed by atoms with E-state index in [1.165, 1.54) is 559 Å². The summed E-state index contributed by atoms with van der Waals surface area (Å²) in [5.41, 5.74) is 0. The van der Waals surface area contributed by atoms with E-state index in [-0.39, 0.29) is 0 Å². The largest absolute Gasteiger partial charge is 0.396 e. The predicted octanol–water partition coefficient (Wildman–Crippen LogP) is 36.3. The Balaban J connectivity index is -0.000000300. The molecule has 0 saturated carbocycles. The third-order valence-corrected chi connectivity index (χ3v) is 23.3. The lowest BCUT2D eigenvalue weighted by molar-refractivity contribution is 0.282. The standard InChI is InChI=1S/C21H44O.C20H42O.C19H40O.C17H36O.C16H34O.C12H26O/c1-2-3-4-5-6-7-8-9-10-11-12-13-14-15-16-17-18-19-20-21-22;1-2-3-4-5-6-7-8-9-10-11-12-13-14-15-16-17-18-19-20-21;1-2-3-4-5-6-7-8-9-10-11-12-13-14-15-16-17-18-19-20;1-2-3-4-5-6-7-8-9-10-11-12-13-14-15-16-17-18;1-2-3-4-5-6-7-8-9-10-11-12-13-14-15-16-17;1-2-3-4-5-6-7-8-9-10-11-12-13/h22H,2-21H2,1H3;21H,2-20H2,1H3;20H,2-19H2,1H3;18H,2-17H2,1H3;17H,2-16H2,1H3;13H,2-12H2,1H3. The molecule has 6 nitrogen and oxygen atoms in total. The first-order valence-corrected chi connectivity index (χ1v) is 52.6. The maximum atomic E-state index is 8.70. The molecule has 0 aromatic carbocycles. The minimum absolute atomic E-state index is 0.372. The van der Waals surface area contributed by atoms with Crippen LogP contribution < -0.4 is 0 Å². The Bertz CT molecular complexity index is 1250. The number of hydrogen-bond donors (Lipinski definition) is 6. The second kappa shape index (κ2) is 133. The van der Waals surface area contributed by atoms with E-state index in [9.17, 15) is 0 Å². The molecule has 0 aromatic rings. The summed E-state index contributed by atoms with van der Waals surface area (Å²) in [7, 11) is 0. The van der Waals surface area contributed by atoms with Gasteiger partial charge in [-0.05, 0) is 38.5 Å². The van der Waals surface area contributed by atoms with Gasteiger partial charge in [0.15, 0.2) is 0 Å². The Hall–Kier alpha value is -0.240. The van der Waals surface area contributed by atoms with Crippen LogP contribution in [-0.2, 0) is 0 Å². The predicted molar refractivity (Wildman–Crippen MR) is 506 cm³/mol. The fraction of sp³-hybridized carbons (Fsp3) is 1.00. The molecule has 0 aromatic heterocycles. The van der Waals surface area contributed by atoms with E-state index in [1.807, 2.05) is 0 Å².